The fourth-order valence-electron chi connectivity index (χ4n) is 2.89. The van der Waals surface area contributed by atoms with Crippen molar-refractivity contribution in [2.45, 2.75) is 40.2 Å². The lowest BCUT2D eigenvalue weighted by Crippen LogP contribution is -2.44. The first kappa shape index (κ1) is 16.2. The highest BCUT2D eigenvalue weighted by Gasteiger charge is 2.32. The van der Waals surface area contributed by atoms with Crippen LogP contribution in [0.2, 0.25) is 0 Å². The SMILES string of the molecule is COc1c(C)cnc(CN2CCC(C)(C(N)=S)CC2)c1C. The van der Waals surface area contributed by atoms with Gasteiger partial charge in [-0.25, -0.2) is 0 Å². The molecule has 0 spiro atoms. The molecule has 0 bridgehead atoms. The average Bonchev–Trinajstić information content (AvgIpc) is 2.45. The Morgan fingerprint density at radius 2 is 2.05 bits per heavy atom. The number of aromatic nitrogens is 1. The summed E-state index contributed by atoms with van der Waals surface area (Å²) in [6.07, 6.45) is 3.93. The van der Waals surface area contributed by atoms with E-state index in [2.05, 4.69) is 23.7 Å². The summed E-state index contributed by atoms with van der Waals surface area (Å²) in [5, 5.41) is 0. The third kappa shape index (κ3) is 3.35. The first-order valence-electron chi connectivity index (χ1n) is 7.38. The molecule has 116 valence electrons. The van der Waals surface area contributed by atoms with Gasteiger partial charge < -0.3 is 10.5 Å². The maximum Gasteiger partial charge on any atom is 0.128 e. The zero-order valence-electron chi connectivity index (χ0n) is 13.4. The first-order valence-corrected chi connectivity index (χ1v) is 7.79. The fourth-order valence-corrected chi connectivity index (χ4v) is 3.10. The molecule has 4 nitrogen and oxygen atoms in total. The number of piperidine rings is 1. The summed E-state index contributed by atoms with van der Waals surface area (Å²) in [5.41, 5.74) is 9.19. The van der Waals surface area contributed by atoms with Gasteiger partial charge in [0.1, 0.15) is 5.75 Å². The standard InChI is InChI=1S/C16H25N3OS/c1-11-9-18-13(12(2)14(11)20-4)10-19-7-5-16(3,6-8-19)15(17)21/h9H,5-8,10H2,1-4H3,(H2,17,21). The predicted octanol–water partition coefficient (Wildman–Crippen LogP) is 2.60. The number of rotatable bonds is 4. The molecule has 1 aromatic rings. The lowest BCUT2D eigenvalue weighted by molar-refractivity contribution is 0.156. The molecule has 0 unspecified atom stereocenters. The molecule has 1 aromatic heterocycles. The van der Waals surface area contributed by atoms with Crippen LogP contribution in [0.3, 0.4) is 0 Å². The van der Waals surface area contributed by atoms with Gasteiger partial charge >= 0.3 is 0 Å². The van der Waals surface area contributed by atoms with Gasteiger partial charge in [-0.05, 0) is 39.8 Å². The van der Waals surface area contributed by atoms with Crippen molar-refractivity contribution in [3.05, 3.63) is 23.0 Å². The van der Waals surface area contributed by atoms with Gasteiger partial charge in [0.15, 0.2) is 0 Å². The summed E-state index contributed by atoms with van der Waals surface area (Å²) in [6.45, 7) is 9.14. The summed E-state index contributed by atoms with van der Waals surface area (Å²) < 4.78 is 5.48. The summed E-state index contributed by atoms with van der Waals surface area (Å²) >= 11 is 5.20. The van der Waals surface area contributed by atoms with E-state index in [1.807, 2.05) is 13.1 Å². The number of nitrogens with two attached hydrogens (primary N) is 1. The van der Waals surface area contributed by atoms with Gasteiger partial charge in [0.05, 0.1) is 17.8 Å². The molecule has 0 amide bonds. The summed E-state index contributed by atoms with van der Waals surface area (Å²) in [7, 11) is 1.72. The van der Waals surface area contributed by atoms with Crippen LogP contribution >= 0.6 is 12.2 Å². The fraction of sp³-hybridized carbons (Fsp3) is 0.625. The zero-order valence-corrected chi connectivity index (χ0v) is 14.2. The van der Waals surface area contributed by atoms with Crippen LogP contribution in [0.5, 0.6) is 5.75 Å². The predicted molar refractivity (Wildman–Crippen MR) is 89.7 cm³/mol. The molecule has 5 heteroatoms. The number of hydrogen-bond donors (Lipinski definition) is 1. The normalized spacial score (nSPS) is 18.5. The van der Waals surface area contributed by atoms with E-state index in [1.54, 1.807) is 7.11 Å². The van der Waals surface area contributed by atoms with Crippen molar-refractivity contribution in [1.29, 1.82) is 0 Å². The average molecular weight is 307 g/mol. The van der Waals surface area contributed by atoms with Crippen LogP contribution in [-0.4, -0.2) is 35.1 Å². The Kier molecular flexibility index (Phi) is 4.84. The minimum absolute atomic E-state index is 0.0132. The first-order chi connectivity index (χ1) is 9.87. The number of likely N-dealkylation sites (tertiary alicyclic amines) is 1. The van der Waals surface area contributed by atoms with Crippen molar-refractivity contribution in [3.63, 3.8) is 0 Å². The molecule has 2 N–H and O–H groups in total. The van der Waals surface area contributed by atoms with Crippen molar-refractivity contribution in [1.82, 2.24) is 9.88 Å². The molecular formula is C16H25N3OS. The molecule has 0 aliphatic carbocycles. The molecule has 1 aliphatic heterocycles. The topological polar surface area (TPSA) is 51.4 Å². The Morgan fingerprint density at radius 3 is 2.57 bits per heavy atom. The Labute approximate surface area is 132 Å². The van der Waals surface area contributed by atoms with E-state index >= 15 is 0 Å². The second-order valence-corrected chi connectivity index (χ2v) is 6.69. The Hall–Kier alpha value is -1.20. The van der Waals surface area contributed by atoms with Crippen LogP contribution in [0.15, 0.2) is 6.20 Å². The Balaban J connectivity index is 2.06. The van der Waals surface area contributed by atoms with Gasteiger partial charge in [-0.2, -0.15) is 0 Å². The molecule has 0 saturated carbocycles. The monoisotopic (exact) mass is 307 g/mol. The van der Waals surface area contributed by atoms with Crippen molar-refractivity contribution >= 4 is 17.2 Å². The van der Waals surface area contributed by atoms with Crippen molar-refractivity contribution in [3.8, 4) is 5.75 Å². The molecule has 0 radical (unpaired) electrons. The van der Waals surface area contributed by atoms with Crippen molar-refractivity contribution in [2.75, 3.05) is 20.2 Å². The van der Waals surface area contributed by atoms with Gasteiger partial charge in [0.2, 0.25) is 0 Å². The van der Waals surface area contributed by atoms with Crippen molar-refractivity contribution in [2.24, 2.45) is 11.1 Å². The van der Waals surface area contributed by atoms with Crippen LogP contribution in [0.1, 0.15) is 36.6 Å². The van der Waals surface area contributed by atoms with E-state index in [9.17, 15) is 0 Å². The van der Waals surface area contributed by atoms with E-state index < -0.39 is 0 Å². The minimum atomic E-state index is 0.0132. The van der Waals surface area contributed by atoms with Gasteiger partial charge in [-0.3, -0.25) is 9.88 Å². The summed E-state index contributed by atoms with van der Waals surface area (Å²) in [4.78, 5) is 7.65. The number of pyridine rings is 1. The highest BCUT2D eigenvalue weighted by atomic mass is 32.1. The third-order valence-electron chi connectivity index (χ3n) is 4.68. The molecular weight excluding hydrogens is 282 g/mol. The number of ether oxygens (including phenoxy) is 1. The van der Waals surface area contributed by atoms with Crippen LogP contribution in [0, 0.1) is 19.3 Å². The van der Waals surface area contributed by atoms with Gasteiger partial charge in [-0.1, -0.05) is 19.1 Å². The molecule has 2 rings (SSSR count). The van der Waals surface area contributed by atoms with E-state index in [0.717, 1.165) is 55.0 Å². The number of nitrogens with zero attached hydrogens (tertiary/aromatic N) is 2. The van der Waals surface area contributed by atoms with E-state index in [0.29, 0.717) is 4.99 Å². The molecule has 1 saturated heterocycles. The molecule has 2 heterocycles. The molecule has 1 aliphatic rings. The van der Waals surface area contributed by atoms with Gasteiger partial charge in [0, 0.05) is 29.3 Å². The highest BCUT2D eigenvalue weighted by Crippen LogP contribution is 2.32. The second-order valence-electron chi connectivity index (χ2n) is 6.25. The van der Waals surface area contributed by atoms with E-state index in [4.69, 9.17) is 22.7 Å². The lowest BCUT2D eigenvalue weighted by atomic mass is 9.80. The summed E-state index contributed by atoms with van der Waals surface area (Å²) in [5.74, 6) is 0.949. The number of methoxy groups -OCH3 is 1. The van der Waals surface area contributed by atoms with E-state index in [1.165, 1.54) is 0 Å². The number of hydrogen-bond acceptors (Lipinski definition) is 4. The third-order valence-corrected chi connectivity index (χ3v) is 5.17. The smallest absolute Gasteiger partial charge is 0.128 e. The number of thiocarbonyl (C=S) groups is 1. The van der Waals surface area contributed by atoms with Crippen LogP contribution < -0.4 is 10.5 Å². The highest BCUT2D eigenvalue weighted by molar-refractivity contribution is 7.80. The van der Waals surface area contributed by atoms with Gasteiger partial charge in [0.25, 0.3) is 0 Å². The summed E-state index contributed by atoms with van der Waals surface area (Å²) in [6, 6.07) is 0. The largest absolute Gasteiger partial charge is 0.496 e. The maximum atomic E-state index is 5.86. The Morgan fingerprint density at radius 1 is 1.43 bits per heavy atom. The Bertz CT molecular complexity index is 537. The second kappa shape index (κ2) is 6.28. The molecule has 1 fully saturated rings. The molecule has 0 atom stereocenters. The quantitative estimate of drug-likeness (QED) is 0.867. The molecule has 0 aromatic carbocycles. The lowest BCUT2D eigenvalue weighted by Gasteiger charge is -2.38. The minimum Gasteiger partial charge on any atom is -0.496 e. The van der Waals surface area contributed by atoms with Crippen LogP contribution in [0.25, 0.3) is 0 Å². The van der Waals surface area contributed by atoms with Gasteiger partial charge in [-0.15, -0.1) is 0 Å². The van der Waals surface area contributed by atoms with Crippen molar-refractivity contribution < 1.29 is 4.74 Å². The van der Waals surface area contributed by atoms with Crippen LogP contribution in [0.4, 0.5) is 0 Å². The molecule has 21 heavy (non-hydrogen) atoms. The van der Waals surface area contributed by atoms with E-state index in [-0.39, 0.29) is 5.41 Å². The number of aryl methyl sites for hydroxylation is 1. The van der Waals surface area contributed by atoms with Crippen LogP contribution in [-0.2, 0) is 6.54 Å². The zero-order chi connectivity index (χ0) is 15.6. The maximum absolute atomic E-state index is 5.86.